The third-order valence-corrected chi connectivity index (χ3v) is 3.24. The van der Waals surface area contributed by atoms with Gasteiger partial charge in [-0.2, -0.15) is 13.2 Å². The minimum atomic E-state index is -4.46. The highest BCUT2D eigenvalue weighted by Crippen LogP contribution is 2.31. The van der Waals surface area contributed by atoms with Crippen molar-refractivity contribution in [1.82, 2.24) is 4.98 Å². The third-order valence-electron chi connectivity index (χ3n) is 3.24. The number of hydrogen-bond acceptors (Lipinski definition) is 3. The highest BCUT2D eigenvalue weighted by molar-refractivity contribution is 5.70. The van der Waals surface area contributed by atoms with Gasteiger partial charge in [0.2, 0.25) is 0 Å². The lowest BCUT2D eigenvalue weighted by Crippen LogP contribution is -2.36. The number of hydrogen-bond donors (Lipinski definition) is 1. The summed E-state index contributed by atoms with van der Waals surface area (Å²) in [6, 6.07) is 2.51. The van der Waals surface area contributed by atoms with E-state index in [4.69, 9.17) is 5.11 Å². The molecule has 1 N–H and O–H groups in total. The Balaban J connectivity index is 2.10. The fourth-order valence-corrected chi connectivity index (χ4v) is 2.16. The van der Waals surface area contributed by atoms with E-state index in [1.807, 2.05) is 0 Å². The van der Waals surface area contributed by atoms with Gasteiger partial charge in [0.1, 0.15) is 5.69 Å². The summed E-state index contributed by atoms with van der Waals surface area (Å²) in [5.41, 5.74) is -0.489. The molecule has 4 nitrogen and oxygen atoms in total. The van der Waals surface area contributed by atoms with Gasteiger partial charge in [-0.25, -0.2) is 0 Å². The van der Waals surface area contributed by atoms with E-state index in [1.54, 1.807) is 4.90 Å². The predicted molar refractivity (Wildman–Crippen MR) is 61.8 cm³/mol. The Morgan fingerprint density at radius 1 is 1.37 bits per heavy atom. The topological polar surface area (TPSA) is 53.4 Å². The molecule has 0 amide bonds. The summed E-state index contributed by atoms with van der Waals surface area (Å²) in [5, 5.41) is 8.87. The monoisotopic (exact) mass is 274 g/mol. The molecule has 7 heteroatoms. The number of aromatic nitrogens is 1. The Morgan fingerprint density at radius 3 is 2.53 bits per heavy atom. The number of pyridine rings is 1. The van der Waals surface area contributed by atoms with Crippen molar-refractivity contribution in [1.29, 1.82) is 0 Å². The van der Waals surface area contributed by atoms with Crippen LogP contribution in [-0.2, 0) is 11.0 Å². The number of aliphatic carboxylic acids is 1. The first-order valence-corrected chi connectivity index (χ1v) is 5.89. The maximum Gasteiger partial charge on any atom is 0.433 e. The lowest BCUT2D eigenvalue weighted by molar-refractivity contribution is -0.142. The van der Waals surface area contributed by atoms with Crippen molar-refractivity contribution in [2.24, 2.45) is 5.92 Å². The van der Waals surface area contributed by atoms with Crippen molar-refractivity contribution < 1.29 is 23.1 Å². The molecule has 0 aliphatic carbocycles. The van der Waals surface area contributed by atoms with Crippen LogP contribution in [0.25, 0.3) is 0 Å². The number of carboxylic acids is 1. The lowest BCUT2D eigenvalue weighted by Gasteiger charge is -2.32. The van der Waals surface area contributed by atoms with Gasteiger partial charge in [-0.1, -0.05) is 0 Å². The Hall–Kier alpha value is -1.79. The first-order valence-electron chi connectivity index (χ1n) is 5.89. The summed E-state index contributed by atoms with van der Waals surface area (Å²) in [7, 11) is 0. The molecule has 0 saturated carbocycles. The van der Waals surface area contributed by atoms with Gasteiger partial charge in [0.25, 0.3) is 0 Å². The van der Waals surface area contributed by atoms with Crippen molar-refractivity contribution in [2.45, 2.75) is 19.0 Å². The largest absolute Gasteiger partial charge is 0.481 e. The van der Waals surface area contributed by atoms with Crippen LogP contribution in [0.4, 0.5) is 18.9 Å². The second kappa shape index (κ2) is 5.07. The van der Waals surface area contributed by atoms with Gasteiger partial charge in [0, 0.05) is 25.0 Å². The van der Waals surface area contributed by atoms with Crippen molar-refractivity contribution in [3.63, 3.8) is 0 Å². The van der Waals surface area contributed by atoms with Crippen LogP contribution in [-0.4, -0.2) is 29.1 Å². The fourth-order valence-electron chi connectivity index (χ4n) is 2.16. The van der Waals surface area contributed by atoms with Gasteiger partial charge >= 0.3 is 12.1 Å². The number of carbonyl (C=O) groups is 1. The Bertz CT molecular complexity index is 468. The predicted octanol–water partition coefficient (Wildman–Crippen LogP) is 2.40. The van der Waals surface area contributed by atoms with E-state index in [2.05, 4.69) is 4.98 Å². The number of halogens is 3. The maximum atomic E-state index is 12.5. The molecule has 1 aliphatic heterocycles. The van der Waals surface area contributed by atoms with Crippen LogP contribution in [0.1, 0.15) is 18.5 Å². The van der Waals surface area contributed by atoms with Gasteiger partial charge in [0.15, 0.2) is 0 Å². The minimum Gasteiger partial charge on any atom is -0.481 e. The molecule has 0 bridgehead atoms. The van der Waals surface area contributed by atoms with E-state index in [-0.39, 0.29) is 0 Å². The first-order chi connectivity index (χ1) is 8.88. The van der Waals surface area contributed by atoms with Crippen molar-refractivity contribution in [2.75, 3.05) is 18.0 Å². The first kappa shape index (κ1) is 13.6. The molecule has 104 valence electrons. The quantitative estimate of drug-likeness (QED) is 0.899. The second-order valence-electron chi connectivity index (χ2n) is 4.50. The Kier molecular flexibility index (Phi) is 3.64. The average Bonchev–Trinajstić information content (AvgIpc) is 2.38. The summed E-state index contributed by atoms with van der Waals surface area (Å²) in [4.78, 5) is 15.9. The van der Waals surface area contributed by atoms with Gasteiger partial charge < -0.3 is 10.0 Å². The third kappa shape index (κ3) is 3.15. The molecule has 1 saturated heterocycles. The molecule has 1 aromatic rings. The van der Waals surface area contributed by atoms with Gasteiger partial charge in [-0.05, 0) is 25.0 Å². The molecule has 0 atom stereocenters. The van der Waals surface area contributed by atoms with Gasteiger partial charge in [0.05, 0.1) is 5.92 Å². The van der Waals surface area contributed by atoms with Crippen LogP contribution < -0.4 is 4.90 Å². The zero-order chi connectivity index (χ0) is 14.0. The number of piperidine rings is 1. The molecule has 0 aromatic carbocycles. The standard InChI is InChI=1S/C12H13F3N2O2/c13-12(14,15)10-7-9(1-4-16-10)17-5-2-8(3-6-17)11(18)19/h1,4,7-8H,2-3,5-6H2,(H,18,19). The van der Waals surface area contributed by atoms with Crippen molar-refractivity contribution >= 4 is 11.7 Å². The second-order valence-corrected chi connectivity index (χ2v) is 4.50. The molecule has 1 fully saturated rings. The highest BCUT2D eigenvalue weighted by Gasteiger charge is 2.33. The van der Waals surface area contributed by atoms with Crippen LogP contribution in [0.2, 0.25) is 0 Å². The fraction of sp³-hybridized carbons (Fsp3) is 0.500. The minimum absolute atomic E-state index is 0.403. The number of alkyl halides is 3. The van der Waals surface area contributed by atoms with E-state index >= 15 is 0 Å². The van der Waals surface area contributed by atoms with Gasteiger partial charge in [-0.15, -0.1) is 0 Å². The SMILES string of the molecule is O=C(O)C1CCN(c2ccnc(C(F)(F)F)c2)CC1. The Labute approximate surface area is 107 Å². The number of anilines is 1. The lowest BCUT2D eigenvalue weighted by atomic mass is 9.97. The molecule has 19 heavy (non-hydrogen) atoms. The summed E-state index contributed by atoms with van der Waals surface area (Å²) >= 11 is 0. The molecule has 0 unspecified atom stereocenters. The van der Waals surface area contributed by atoms with Crippen LogP contribution in [0, 0.1) is 5.92 Å². The molecule has 0 spiro atoms. The molecule has 2 heterocycles. The molecule has 0 radical (unpaired) electrons. The Morgan fingerprint density at radius 2 is 2.00 bits per heavy atom. The summed E-state index contributed by atoms with van der Waals surface area (Å²) in [5.74, 6) is -1.24. The molecule has 1 aromatic heterocycles. The van der Waals surface area contributed by atoms with E-state index in [1.165, 1.54) is 6.07 Å². The number of carboxylic acid groups (broad SMARTS) is 1. The summed E-state index contributed by atoms with van der Waals surface area (Å²) in [6.45, 7) is 0.885. The summed E-state index contributed by atoms with van der Waals surface area (Å²) in [6.07, 6.45) is -2.45. The van der Waals surface area contributed by atoms with Crippen molar-refractivity contribution in [3.05, 3.63) is 24.0 Å². The summed E-state index contributed by atoms with van der Waals surface area (Å²) < 4.78 is 37.6. The zero-order valence-electron chi connectivity index (χ0n) is 10.0. The molecular weight excluding hydrogens is 261 g/mol. The van der Waals surface area contributed by atoms with E-state index in [0.717, 1.165) is 12.3 Å². The van der Waals surface area contributed by atoms with E-state index in [0.29, 0.717) is 31.6 Å². The van der Waals surface area contributed by atoms with Gasteiger partial charge in [-0.3, -0.25) is 9.78 Å². The highest BCUT2D eigenvalue weighted by atomic mass is 19.4. The molecular formula is C12H13F3N2O2. The normalized spacial score (nSPS) is 17.5. The van der Waals surface area contributed by atoms with E-state index in [9.17, 15) is 18.0 Å². The smallest absolute Gasteiger partial charge is 0.433 e. The molecule has 1 aliphatic rings. The zero-order valence-corrected chi connectivity index (χ0v) is 10.0. The van der Waals surface area contributed by atoms with Crippen LogP contribution >= 0.6 is 0 Å². The van der Waals surface area contributed by atoms with Crippen LogP contribution in [0.5, 0.6) is 0 Å². The maximum absolute atomic E-state index is 12.5. The number of nitrogens with zero attached hydrogens (tertiary/aromatic N) is 2. The van der Waals surface area contributed by atoms with E-state index < -0.39 is 23.8 Å². The van der Waals surface area contributed by atoms with Crippen LogP contribution in [0.3, 0.4) is 0 Å². The van der Waals surface area contributed by atoms with Crippen molar-refractivity contribution in [3.8, 4) is 0 Å². The molecule has 2 rings (SSSR count). The van der Waals surface area contributed by atoms with Crippen LogP contribution in [0.15, 0.2) is 18.3 Å². The number of rotatable bonds is 2. The average molecular weight is 274 g/mol.